The van der Waals surface area contributed by atoms with E-state index in [1.165, 1.54) is 24.0 Å². The van der Waals surface area contributed by atoms with Crippen molar-refractivity contribution >= 4 is 21.6 Å². The fraction of sp³-hybridized carbons (Fsp3) is 0.364. The van der Waals surface area contributed by atoms with E-state index < -0.39 is 0 Å². The van der Waals surface area contributed by atoms with Gasteiger partial charge in [0.1, 0.15) is 0 Å². The van der Waals surface area contributed by atoms with E-state index in [4.69, 9.17) is 5.73 Å². The van der Waals surface area contributed by atoms with Crippen molar-refractivity contribution in [1.82, 2.24) is 4.98 Å². The number of aromatic nitrogens is 1. The number of thiazole rings is 1. The van der Waals surface area contributed by atoms with Gasteiger partial charge < -0.3 is 5.73 Å². The molecule has 1 fully saturated rings. The van der Waals surface area contributed by atoms with E-state index in [1.807, 2.05) is 23.7 Å². The molecule has 2 nitrogen and oxygen atoms in total. The zero-order valence-electron chi connectivity index (χ0n) is 8.02. The molecule has 1 heterocycles. The van der Waals surface area contributed by atoms with Crippen LogP contribution in [0.15, 0.2) is 29.8 Å². The smallest absolute Gasteiger partial charge is 0.0812 e. The summed E-state index contributed by atoms with van der Waals surface area (Å²) in [6.07, 6.45) is 3.89. The molecule has 1 aromatic heterocycles. The van der Waals surface area contributed by atoms with Gasteiger partial charge >= 0.3 is 0 Å². The molecule has 0 aliphatic heterocycles. The fourth-order valence-electron chi connectivity index (χ4n) is 1.24. The van der Waals surface area contributed by atoms with Crippen LogP contribution in [-0.4, -0.2) is 11.0 Å². The van der Waals surface area contributed by atoms with Crippen molar-refractivity contribution in [3.8, 4) is 0 Å². The van der Waals surface area contributed by atoms with Crippen LogP contribution in [0.5, 0.6) is 0 Å². The quantitative estimate of drug-likeness (QED) is 0.720. The van der Waals surface area contributed by atoms with Gasteiger partial charge in [0, 0.05) is 6.04 Å². The summed E-state index contributed by atoms with van der Waals surface area (Å²) >= 11 is 1.68. The highest BCUT2D eigenvalue weighted by Gasteiger charge is 2.09. The maximum atomic E-state index is 5.38. The summed E-state index contributed by atoms with van der Waals surface area (Å²) in [7, 11) is 0. The Kier molecular flexibility index (Phi) is 3.11. The van der Waals surface area contributed by atoms with Crippen molar-refractivity contribution in [2.45, 2.75) is 25.3 Å². The van der Waals surface area contributed by atoms with E-state index in [2.05, 4.69) is 11.1 Å². The molecule has 0 unspecified atom stereocenters. The van der Waals surface area contributed by atoms with Crippen molar-refractivity contribution in [3.05, 3.63) is 29.8 Å². The molecule has 3 heteroatoms. The van der Waals surface area contributed by atoms with E-state index in [1.54, 1.807) is 11.3 Å². The number of nitrogens with zero attached hydrogens (tertiary/aromatic N) is 1. The van der Waals surface area contributed by atoms with Crippen LogP contribution in [0.3, 0.4) is 0 Å². The number of fused-ring (bicyclic) bond motifs is 1. The zero-order valence-corrected chi connectivity index (χ0v) is 8.83. The molecule has 0 atom stereocenters. The standard InChI is InChI=1S/C7H5NS.C4H9N/c1-2-4-7-6(3-1)8-5-9-7;5-4-2-1-3-4/h1-5H;4H,1-3,5H2. The fourth-order valence-corrected chi connectivity index (χ4v) is 1.92. The Bertz CT molecular complexity index is 363. The summed E-state index contributed by atoms with van der Waals surface area (Å²) in [4.78, 5) is 4.14. The minimum absolute atomic E-state index is 0.565. The Labute approximate surface area is 87.8 Å². The zero-order chi connectivity index (χ0) is 9.80. The van der Waals surface area contributed by atoms with Crippen molar-refractivity contribution in [2.24, 2.45) is 5.73 Å². The molecule has 1 aliphatic rings. The average Bonchev–Trinajstić information content (AvgIpc) is 2.63. The van der Waals surface area contributed by atoms with Gasteiger partial charge in [-0.3, -0.25) is 0 Å². The lowest BCUT2D eigenvalue weighted by Gasteiger charge is -2.18. The molecule has 0 radical (unpaired) electrons. The van der Waals surface area contributed by atoms with Gasteiger partial charge in [-0.25, -0.2) is 4.98 Å². The second-order valence-corrected chi connectivity index (χ2v) is 4.40. The second-order valence-electron chi connectivity index (χ2n) is 3.51. The molecule has 0 amide bonds. The minimum atomic E-state index is 0.565. The predicted octanol–water partition coefficient (Wildman–Crippen LogP) is 2.79. The van der Waals surface area contributed by atoms with Gasteiger partial charge in [0.15, 0.2) is 0 Å². The number of rotatable bonds is 0. The lowest BCUT2D eigenvalue weighted by Crippen LogP contribution is -2.27. The Morgan fingerprint density at radius 2 is 2.00 bits per heavy atom. The molecule has 0 bridgehead atoms. The summed E-state index contributed by atoms with van der Waals surface area (Å²) < 4.78 is 1.26. The molecule has 3 rings (SSSR count). The van der Waals surface area contributed by atoms with Gasteiger partial charge in [-0.2, -0.15) is 0 Å². The average molecular weight is 206 g/mol. The number of benzene rings is 1. The molecular formula is C11H14N2S. The van der Waals surface area contributed by atoms with Gasteiger partial charge in [0.25, 0.3) is 0 Å². The molecule has 14 heavy (non-hydrogen) atoms. The van der Waals surface area contributed by atoms with Gasteiger partial charge in [0.05, 0.1) is 15.7 Å². The molecule has 1 aromatic carbocycles. The molecule has 0 saturated heterocycles. The Balaban J connectivity index is 0.000000128. The van der Waals surface area contributed by atoms with E-state index in [-0.39, 0.29) is 0 Å². The van der Waals surface area contributed by atoms with Crippen LogP contribution in [0.4, 0.5) is 0 Å². The first-order chi connectivity index (χ1) is 6.86. The Morgan fingerprint density at radius 1 is 1.29 bits per heavy atom. The van der Waals surface area contributed by atoms with Gasteiger partial charge in [-0.1, -0.05) is 18.6 Å². The molecule has 2 aromatic rings. The maximum absolute atomic E-state index is 5.38. The largest absolute Gasteiger partial charge is 0.328 e. The highest BCUT2D eigenvalue weighted by molar-refractivity contribution is 7.16. The molecule has 74 valence electrons. The van der Waals surface area contributed by atoms with Crippen LogP contribution >= 0.6 is 11.3 Å². The second kappa shape index (κ2) is 4.53. The van der Waals surface area contributed by atoms with E-state index in [9.17, 15) is 0 Å². The highest BCUT2D eigenvalue weighted by atomic mass is 32.1. The summed E-state index contributed by atoms with van der Waals surface area (Å²) in [5, 5.41) is 0. The van der Waals surface area contributed by atoms with E-state index in [0.29, 0.717) is 6.04 Å². The SMILES string of the molecule is NC1CCC1.c1ccc2scnc2c1. The topological polar surface area (TPSA) is 38.9 Å². The predicted molar refractivity (Wildman–Crippen MR) is 61.4 cm³/mol. The third-order valence-electron chi connectivity index (χ3n) is 2.39. The number of hydrogen-bond acceptors (Lipinski definition) is 3. The monoisotopic (exact) mass is 206 g/mol. The molecule has 1 aliphatic carbocycles. The van der Waals surface area contributed by atoms with Crippen molar-refractivity contribution in [2.75, 3.05) is 0 Å². The number of nitrogens with two attached hydrogens (primary N) is 1. The van der Waals surface area contributed by atoms with E-state index >= 15 is 0 Å². The van der Waals surface area contributed by atoms with Crippen LogP contribution < -0.4 is 5.73 Å². The van der Waals surface area contributed by atoms with Crippen LogP contribution in [-0.2, 0) is 0 Å². The lowest BCUT2D eigenvalue weighted by atomic mass is 9.95. The molecule has 2 N–H and O–H groups in total. The van der Waals surface area contributed by atoms with Crippen molar-refractivity contribution < 1.29 is 0 Å². The van der Waals surface area contributed by atoms with Crippen molar-refractivity contribution in [3.63, 3.8) is 0 Å². The molecular weight excluding hydrogens is 192 g/mol. The summed E-state index contributed by atoms with van der Waals surface area (Å²) in [6.45, 7) is 0. The van der Waals surface area contributed by atoms with Gasteiger partial charge in [-0.15, -0.1) is 11.3 Å². The first kappa shape index (κ1) is 9.62. The Morgan fingerprint density at radius 3 is 2.57 bits per heavy atom. The van der Waals surface area contributed by atoms with Gasteiger partial charge in [0.2, 0.25) is 0 Å². The summed E-state index contributed by atoms with van der Waals surface area (Å²) in [5.41, 5.74) is 8.34. The first-order valence-corrected chi connectivity index (χ1v) is 5.78. The third-order valence-corrected chi connectivity index (χ3v) is 3.20. The van der Waals surface area contributed by atoms with Crippen LogP contribution in [0.1, 0.15) is 19.3 Å². The van der Waals surface area contributed by atoms with Crippen molar-refractivity contribution in [1.29, 1.82) is 0 Å². The minimum Gasteiger partial charge on any atom is -0.328 e. The van der Waals surface area contributed by atoms with Gasteiger partial charge in [-0.05, 0) is 25.0 Å². The summed E-state index contributed by atoms with van der Waals surface area (Å²) in [6, 6.07) is 8.69. The number of hydrogen-bond donors (Lipinski definition) is 1. The number of para-hydroxylation sites is 1. The van der Waals surface area contributed by atoms with E-state index in [0.717, 1.165) is 5.52 Å². The lowest BCUT2D eigenvalue weighted by molar-refractivity contribution is 0.418. The first-order valence-electron chi connectivity index (χ1n) is 4.90. The third kappa shape index (κ3) is 2.30. The summed E-state index contributed by atoms with van der Waals surface area (Å²) in [5.74, 6) is 0. The van der Waals surface area contributed by atoms with Crippen LogP contribution in [0, 0.1) is 0 Å². The molecule has 1 saturated carbocycles. The normalized spacial score (nSPS) is 15.8. The Hall–Kier alpha value is -0.930. The van der Waals surface area contributed by atoms with Crippen LogP contribution in [0.2, 0.25) is 0 Å². The molecule has 0 spiro atoms. The highest BCUT2D eigenvalue weighted by Crippen LogP contribution is 2.15. The maximum Gasteiger partial charge on any atom is 0.0812 e. The van der Waals surface area contributed by atoms with Crippen LogP contribution in [0.25, 0.3) is 10.2 Å².